The molecule has 0 saturated carbocycles. The SMILES string of the molecule is Cn1ccnc1CN1CCC[C@@H](c2ccc3cn[nH]c3n2)C1. The van der Waals surface area contributed by atoms with E-state index >= 15 is 0 Å². The number of nitrogens with one attached hydrogen (secondary N) is 1. The highest BCUT2D eigenvalue weighted by atomic mass is 15.2. The van der Waals surface area contributed by atoms with Gasteiger partial charge in [0, 0.05) is 43.0 Å². The summed E-state index contributed by atoms with van der Waals surface area (Å²) in [5, 5.41) is 8.09. The minimum Gasteiger partial charge on any atom is -0.337 e. The van der Waals surface area contributed by atoms with Crippen molar-refractivity contribution >= 4 is 11.0 Å². The van der Waals surface area contributed by atoms with Gasteiger partial charge in [0.15, 0.2) is 5.65 Å². The highest BCUT2D eigenvalue weighted by molar-refractivity contribution is 5.73. The van der Waals surface area contributed by atoms with Gasteiger partial charge in [-0.15, -0.1) is 0 Å². The molecule has 6 nitrogen and oxygen atoms in total. The first-order valence-corrected chi connectivity index (χ1v) is 7.78. The highest BCUT2D eigenvalue weighted by Gasteiger charge is 2.23. The number of H-pyrrole nitrogens is 1. The summed E-state index contributed by atoms with van der Waals surface area (Å²) in [6, 6.07) is 4.26. The van der Waals surface area contributed by atoms with E-state index in [1.807, 2.05) is 18.6 Å². The van der Waals surface area contributed by atoms with Gasteiger partial charge in [-0.05, 0) is 31.5 Å². The molecule has 6 heteroatoms. The zero-order valence-corrected chi connectivity index (χ0v) is 12.7. The Hall–Kier alpha value is -2.21. The van der Waals surface area contributed by atoms with Crippen molar-refractivity contribution in [2.24, 2.45) is 7.05 Å². The monoisotopic (exact) mass is 296 g/mol. The van der Waals surface area contributed by atoms with Crippen molar-refractivity contribution < 1.29 is 0 Å². The second kappa shape index (κ2) is 5.53. The number of aromatic amines is 1. The standard InChI is InChI=1S/C16H20N6/c1-21-8-6-17-15(21)11-22-7-2-3-13(10-22)14-5-4-12-9-18-20-16(12)19-14/h4-6,8-9,13H,2-3,7,10-11H2,1H3,(H,18,19,20)/t13-/m1/s1. The second-order valence-corrected chi connectivity index (χ2v) is 6.07. The molecular formula is C16H20N6. The maximum atomic E-state index is 4.74. The van der Waals surface area contributed by atoms with Crippen molar-refractivity contribution in [1.29, 1.82) is 0 Å². The van der Waals surface area contributed by atoms with E-state index in [9.17, 15) is 0 Å². The Morgan fingerprint density at radius 2 is 2.32 bits per heavy atom. The van der Waals surface area contributed by atoms with E-state index in [-0.39, 0.29) is 0 Å². The molecule has 1 aliphatic rings. The summed E-state index contributed by atoms with van der Waals surface area (Å²) >= 11 is 0. The van der Waals surface area contributed by atoms with E-state index < -0.39 is 0 Å². The summed E-state index contributed by atoms with van der Waals surface area (Å²) < 4.78 is 2.10. The summed E-state index contributed by atoms with van der Waals surface area (Å²) in [6.07, 6.45) is 8.09. The zero-order valence-electron chi connectivity index (χ0n) is 12.7. The number of hydrogen-bond acceptors (Lipinski definition) is 4. The molecule has 0 unspecified atom stereocenters. The highest BCUT2D eigenvalue weighted by Crippen LogP contribution is 2.27. The van der Waals surface area contributed by atoms with Crippen molar-refractivity contribution in [2.75, 3.05) is 13.1 Å². The minimum atomic E-state index is 0.488. The van der Waals surface area contributed by atoms with Crippen molar-refractivity contribution in [3.63, 3.8) is 0 Å². The normalized spacial score (nSPS) is 19.8. The first kappa shape index (κ1) is 13.5. The van der Waals surface area contributed by atoms with Crippen LogP contribution in [0.25, 0.3) is 11.0 Å². The number of hydrogen-bond donors (Lipinski definition) is 1. The van der Waals surface area contributed by atoms with Crippen LogP contribution in [0, 0.1) is 0 Å². The molecular weight excluding hydrogens is 276 g/mol. The Balaban J connectivity index is 1.51. The number of likely N-dealkylation sites (tertiary alicyclic amines) is 1. The molecule has 0 aromatic carbocycles. The van der Waals surface area contributed by atoms with Crippen LogP contribution in [0.15, 0.2) is 30.7 Å². The molecule has 1 fully saturated rings. The van der Waals surface area contributed by atoms with Crippen LogP contribution >= 0.6 is 0 Å². The number of rotatable bonds is 3. The maximum absolute atomic E-state index is 4.74. The molecule has 0 bridgehead atoms. The summed E-state index contributed by atoms with van der Waals surface area (Å²) in [7, 11) is 2.05. The van der Waals surface area contributed by atoms with Gasteiger partial charge in [0.25, 0.3) is 0 Å². The number of fused-ring (bicyclic) bond motifs is 1. The average molecular weight is 296 g/mol. The largest absolute Gasteiger partial charge is 0.337 e. The summed E-state index contributed by atoms with van der Waals surface area (Å²) in [6.45, 7) is 3.08. The van der Waals surface area contributed by atoms with Gasteiger partial charge in [0.1, 0.15) is 5.82 Å². The zero-order chi connectivity index (χ0) is 14.9. The number of imidazole rings is 1. The minimum absolute atomic E-state index is 0.488. The first-order chi connectivity index (χ1) is 10.8. The van der Waals surface area contributed by atoms with E-state index in [1.165, 1.54) is 18.5 Å². The summed E-state index contributed by atoms with van der Waals surface area (Å²) in [4.78, 5) is 11.7. The van der Waals surface area contributed by atoms with Crippen LogP contribution in [0.2, 0.25) is 0 Å². The Morgan fingerprint density at radius 1 is 1.36 bits per heavy atom. The Bertz CT molecular complexity index is 774. The van der Waals surface area contributed by atoms with Crippen LogP contribution in [-0.4, -0.2) is 42.7 Å². The van der Waals surface area contributed by atoms with Crippen molar-refractivity contribution in [3.8, 4) is 0 Å². The lowest BCUT2D eigenvalue weighted by atomic mass is 9.94. The molecule has 0 amide bonds. The molecule has 22 heavy (non-hydrogen) atoms. The molecule has 1 saturated heterocycles. The van der Waals surface area contributed by atoms with Crippen molar-refractivity contribution in [3.05, 3.63) is 42.2 Å². The number of piperidine rings is 1. The Morgan fingerprint density at radius 3 is 3.18 bits per heavy atom. The van der Waals surface area contributed by atoms with E-state index in [4.69, 9.17) is 4.98 Å². The molecule has 0 radical (unpaired) electrons. The lowest BCUT2D eigenvalue weighted by Gasteiger charge is -2.32. The number of pyridine rings is 1. The van der Waals surface area contributed by atoms with Gasteiger partial charge in [0.05, 0.1) is 12.7 Å². The lowest BCUT2D eigenvalue weighted by Crippen LogP contribution is -2.34. The third-order valence-electron chi connectivity index (χ3n) is 4.53. The predicted octanol–water partition coefficient (Wildman–Crippen LogP) is 2.07. The van der Waals surface area contributed by atoms with Crippen LogP contribution in [0.5, 0.6) is 0 Å². The third kappa shape index (κ3) is 2.50. The third-order valence-corrected chi connectivity index (χ3v) is 4.53. The van der Waals surface area contributed by atoms with Crippen LogP contribution in [0.1, 0.15) is 30.3 Å². The van der Waals surface area contributed by atoms with Gasteiger partial charge in [-0.3, -0.25) is 10.00 Å². The van der Waals surface area contributed by atoms with Gasteiger partial charge in [-0.2, -0.15) is 5.10 Å². The molecule has 4 rings (SSSR count). The van der Waals surface area contributed by atoms with E-state index in [1.54, 1.807) is 0 Å². The molecule has 3 aromatic heterocycles. The van der Waals surface area contributed by atoms with Gasteiger partial charge in [0.2, 0.25) is 0 Å². The number of nitrogens with zero attached hydrogens (tertiary/aromatic N) is 5. The summed E-state index contributed by atoms with van der Waals surface area (Å²) in [5.74, 6) is 1.61. The van der Waals surface area contributed by atoms with Crippen molar-refractivity contribution in [1.82, 2.24) is 29.6 Å². The van der Waals surface area contributed by atoms with Gasteiger partial charge in [-0.1, -0.05) is 0 Å². The van der Waals surface area contributed by atoms with Crippen molar-refractivity contribution in [2.45, 2.75) is 25.3 Å². The number of aryl methyl sites for hydroxylation is 1. The molecule has 1 atom stereocenters. The smallest absolute Gasteiger partial charge is 0.155 e. The average Bonchev–Trinajstić information content (AvgIpc) is 3.16. The first-order valence-electron chi connectivity index (χ1n) is 7.78. The Kier molecular flexibility index (Phi) is 3.38. The van der Waals surface area contributed by atoms with E-state index in [0.717, 1.165) is 36.5 Å². The molecule has 1 aliphatic heterocycles. The quantitative estimate of drug-likeness (QED) is 0.803. The van der Waals surface area contributed by atoms with E-state index in [2.05, 4.69) is 43.8 Å². The molecule has 4 heterocycles. The molecule has 3 aromatic rings. The van der Waals surface area contributed by atoms with Crippen LogP contribution in [0.4, 0.5) is 0 Å². The van der Waals surface area contributed by atoms with Gasteiger partial charge < -0.3 is 4.57 Å². The topological polar surface area (TPSA) is 62.6 Å². The lowest BCUT2D eigenvalue weighted by molar-refractivity contribution is 0.193. The maximum Gasteiger partial charge on any atom is 0.155 e. The molecule has 0 aliphatic carbocycles. The van der Waals surface area contributed by atoms with Crippen LogP contribution in [0.3, 0.4) is 0 Å². The fraction of sp³-hybridized carbons (Fsp3) is 0.438. The molecule has 0 spiro atoms. The predicted molar refractivity (Wildman–Crippen MR) is 84.3 cm³/mol. The number of aromatic nitrogens is 5. The molecule has 1 N–H and O–H groups in total. The fourth-order valence-electron chi connectivity index (χ4n) is 3.26. The fourth-order valence-corrected chi connectivity index (χ4v) is 3.26. The summed E-state index contributed by atoms with van der Waals surface area (Å²) in [5.41, 5.74) is 2.06. The second-order valence-electron chi connectivity index (χ2n) is 6.07. The van der Waals surface area contributed by atoms with E-state index in [0.29, 0.717) is 5.92 Å². The Labute approximate surface area is 129 Å². The van der Waals surface area contributed by atoms with Gasteiger partial charge >= 0.3 is 0 Å². The molecule has 114 valence electrons. The van der Waals surface area contributed by atoms with Gasteiger partial charge in [-0.25, -0.2) is 9.97 Å². The van der Waals surface area contributed by atoms with Crippen LogP contribution < -0.4 is 0 Å². The van der Waals surface area contributed by atoms with Crippen LogP contribution in [-0.2, 0) is 13.6 Å².